The molecule has 2 heteroatoms. The molecule has 1 fully saturated rings. The molecule has 0 unspecified atom stereocenters. The second kappa shape index (κ2) is 12.8. The maximum Gasteiger partial charge on any atom is 0.0281 e. The van der Waals surface area contributed by atoms with Crippen LogP contribution in [0.2, 0.25) is 0 Å². The lowest BCUT2D eigenvalue weighted by atomic mass is 10.1. The van der Waals surface area contributed by atoms with E-state index in [2.05, 4.69) is 30.3 Å². The Kier molecular flexibility index (Phi) is 11.8. The van der Waals surface area contributed by atoms with Crippen molar-refractivity contribution in [1.82, 2.24) is 5.32 Å². The summed E-state index contributed by atoms with van der Waals surface area (Å²) in [4.78, 5) is 0. The van der Waals surface area contributed by atoms with Gasteiger partial charge in [0.2, 0.25) is 0 Å². The molecule has 0 heterocycles. The van der Waals surface area contributed by atoms with Crippen LogP contribution in [0.25, 0.3) is 0 Å². The van der Waals surface area contributed by atoms with Gasteiger partial charge in [-0.1, -0.05) is 77.6 Å². The van der Waals surface area contributed by atoms with Crippen molar-refractivity contribution in [3.05, 3.63) is 0 Å². The summed E-state index contributed by atoms with van der Waals surface area (Å²) in [5.74, 6) is 0. The summed E-state index contributed by atoms with van der Waals surface area (Å²) in [7, 11) is 0. The van der Waals surface area contributed by atoms with Crippen molar-refractivity contribution in [3.8, 4) is 0 Å². The summed E-state index contributed by atoms with van der Waals surface area (Å²) in [6, 6.07) is 0. The Bertz CT molecular complexity index is 224. The first kappa shape index (κ1) is 19.4. The van der Waals surface area contributed by atoms with Crippen molar-refractivity contribution in [3.63, 3.8) is 0 Å². The van der Waals surface area contributed by atoms with Crippen molar-refractivity contribution < 1.29 is 0 Å². The van der Waals surface area contributed by atoms with Gasteiger partial charge >= 0.3 is 0 Å². The van der Waals surface area contributed by atoms with E-state index in [0.717, 1.165) is 0 Å². The maximum absolute atomic E-state index is 3.72. The van der Waals surface area contributed by atoms with E-state index < -0.39 is 0 Å². The average Bonchev–Trinajstić information content (AvgIpc) is 2.98. The predicted molar refractivity (Wildman–Crippen MR) is 99.4 cm³/mol. The highest BCUT2D eigenvalue weighted by molar-refractivity contribution is 8.00. The second-order valence-electron chi connectivity index (χ2n) is 6.95. The van der Waals surface area contributed by atoms with E-state index in [1.165, 1.54) is 103 Å². The van der Waals surface area contributed by atoms with Crippen LogP contribution in [-0.4, -0.2) is 24.1 Å². The lowest BCUT2D eigenvalue weighted by molar-refractivity contribution is 0.507. The number of rotatable bonds is 14. The highest BCUT2D eigenvalue weighted by Gasteiger charge is 2.32. The minimum Gasteiger partial charge on any atom is -0.315 e. The highest BCUT2D eigenvalue weighted by atomic mass is 32.2. The van der Waals surface area contributed by atoms with Gasteiger partial charge in [0.15, 0.2) is 0 Å². The lowest BCUT2D eigenvalue weighted by Crippen LogP contribution is -2.35. The van der Waals surface area contributed by atoms with Gasteiger partial charge in [0.1, 0.15) is 0 Å². The molecule has 0 radical (unpaired) electrons. The Morgan fingerprint density at radius 3 is 1.86 bits per heavy atom. The van der Waals surface area contributed by atoms with Crippen LogP contribution in [0.15, 0.2) is 0 Å². The molecule has 0 aliphatic heterocycles. The van der Waals surface area contributed by atoms with Crippen LogP contribution in [-0.2, 0) is 0 Å². The van der Waals surface area contributed by atoms with Gasteiger partial charge in [0, 0.05) is 11.3 Å². The highest BCUT2D eigenvalue weighted by Crippen LogP contribution is 2.39. The van der Waals surface area contributed by atoms with Crippen LogP contribution in [0.1, 0.15) is 96.8 Å². The molecule has 0 saturated heterocycles. The van der Waals surface area contributed by atoms with Crippen LogP contribution < -0.4 is 5.32 Å². The summed E-state index contributed by atoms with van der Waals surface area (Å²) < 4.78 is 0.582. The normalized spacial score (nSPS) is 17.4. The minimum atomic E-state index is 0.582. The Morgan fingerprint density at radius 2 is 1.33 bits per heavy atom. The number of unbranched alkanes of at least 4 members (excludes halogenated alkanes) is 9. The summed E-state index contributed by atoms with van der Waals surface area (Å²) in [5, 5.41) is 3.72. The molecule has 21 heavy (non-hydrogen) atoms. The summed E-state index contributed by atoms with van der Waals surface area (Å²) in [6.07, 6.45) is 22.4. The molecule has 0 atom stereocenters. The third-order valence-electron chi connectivity index (χ3n) is 5.10. The zero-order valence-electron chi connectivity index (χ0n) is 14.7. The quantitative estimate of drug-likeness (QED) is 0.385. The average molecular weight is 314 g/mol. The monoisotopic (exact) mass is 313 g/mol. The molecule has 126 valence electrons. The van der Waals surface area contributed by atoms with Crippen molar-refractivity contribution in [2.24, 2.45) is 0 Å². The predicted octanol–water partition coefficient (Wildman–Crippen LogP) is 6.17. The van der Waals surface area contributed by atoms with Gasteiger partial charge in [-0.25, -0.2) is 0 Å². The zero-order valence-corrected chi connectivity index (χ0v) is 15.5. The number of hydrogen-bond acceptors (Lipinski definition) is 2. The molecular weight excluding hydrogens is 274 g/mol. The molecular formula is C19H39NS. The Morgan fingerprint density at radius 1 is 0.810 bits per heavy atom. The number of thioether (sulfide) groups is 1. The lowest BCUT2D eigenvalue weighted by Gasteiger charge is -2.27. The molecule has 1 rings (SSSR count). The molecule has 1 aliphatic carbocycles. The Hall–Kier alpha value is 0.310. The van der Waals surface area contributed by atoms with Gasteiger partial charge in [-0.2, -0.15) is 11.8 Å². The largest absolute Gasteiger partial charge is 0.315 e. The van der Waals surface area contributed by atoms with Gasteiger partial charge in [-0.15, -0.1) is 0 Å². The number of nitrogens with one attached hydrogen (secondary N) is 1. The fourth-order valence-electron chi connectivity index (χ4n) is 3.53. The van der Waals surface area contributed by atoms with Crippen LogP contribution in [0.5, 0.6) is 0 Å². The van der Waals surface area contributed by atoms with E-state index in [4.69, 9.17) is 0 Å². The van der Waals surface area contributed by atoms with Crippen molar-refractivity contribution in [2.45, 2.75) is 102 Å². The molecule has 0 aromatic heterocycles. The first-order chi connectivity index (χ1) is 10.3. The fourth-order valence-corrected chi connectivity index (χ4v) is 4.47. The molecule has 0 bridgehead atoms. The van der Waals surface area contributed by atoms with E-state index in [0.29, 0.717) is 4.75 Å². The minimum absolute atomic E-state index is 0.582. The van der Waals surface area contributed by atoms with Gasteiger partial charge < -0.3 is 5.32 Å². The second-order valence-corrected chi connectivity index (χ2v) is 8.23. The van der Waals surface area contributed by atoms with Gasteiger partial charge in [0.05, 0.1) is 0 Å². The smallest absolute Gasteiger partial charge is 0.0281 e. The summed E-state index contributed by atoms with van der Waals surface area (Å²) in [5.41, 5.74) is 0. The molecule has 1 nitrogen and oxygen atoms in total. The molecule has 0 spiro atoms. The molecule has 1 saturated carbocycles. The van der Waals surface area contributed by atoms with Gasteiger partial charge in [0.25, 0.3) is 0 Å². The molecule has 1 N–H and O–H groups in total. The van der Waals surface area contributed by atoms with Gasteiger partial charge in [-0.3, -0.25) is 0 Å². The molecule has 1 aliphatic rings. The van der Waals surface area contributed by atoms with Crippen LogP contribution in [0.3, 0.4) is 0 Å². The van der Waals surface area contributed by atoms with Crippen molar-refractivity contribution in [1.29, 1.82) is 0 Å². The van der Waals surface area contributed by atoms with Crippen LogP contribution in [0.4, 0.5) is 0 Å². The van der Waals surface area contributed by atoms with E-state index in [1.54, 1.807) is 0 Å². The summed E-state index contributed by atoms with van der Waals surface area (Å²) in [6.45, 7) is 4.77. The van der Waals surface area contributed by atoms with E-state index in [-0.39, 0.29) is 0 Å². The third-order valence-corrected chi connectivity index (χ3v) is 6.52. The maximum atomic E-state index is 3.72. The Balaban J connectivity index is 1.80. The number of hydrogen-bond donors (Lipinski definition) is 1. The van der Waals surface area contributed by atoms with Crippen LogP contribution in [0, 0.1) is 0 Å². The van der Waals surface area contributed by atoms with Crippen LogP contribution >= 0.6 is 11.8 Å². The SMILES string of the molecule is CCCCCCCCCCCCNCC1(SC)CCCC1. The Labute approximate surface area is 138 Å². The van der Waals surface area contributed by atoms with E-state index in [1.807, 2.05) is 0 Å². The first-order valence-electron chi connectivity index (χ1n) is 9.59. The fraction of sp³-hybridized carbons (Fsp3) is 1.00. The third kappa shape index (κ3) is 9.13. The van der Waals surface area contributed by atoms with Crippen molar-refractivity contribution in [2.75, 3.05) is 19.3 Å². The van der Waals surface area contributed by atoms with Gasteiger partial charge in [-0.05, 0) is 32.1 Å². The molecule has 0 aromatic carbocycles. The summed E-state index contributed by atoms with van der Waals surface area (Å²) >= 11 is 2.10. The van der Waals surface area contributed by atoms with E-state index >= 15 is 0 Å². The zero-order chi connectivity index (χ0) is 15.2. The topological polar surface area (TPSA) is 12.0 Å². The molecule has 0 amide bonds. The molecule has 0 aromatic rings. The first-order valence-corrected chi connectivity index (χ1v) is 10.8. The van der Waals surface area contributed by atoms with Crippen molar-refractivity contribution >= 4 is 11.8 Å². The standard InChI is InChI=1S/C19H39NS/c1-3-4-5-6-7-8-9-10-11-14-17-20-18-19(21-2)15-12-13-16-19/h20H,3-18H2,1-2H3. The van der Waals surface area contributed by atoms with E-state index in [9.17, 15) is 0 Å².